The normalized spacial score (nSPS) is 22.5. The molecule has 0 N–H and O–H groups in total. The Bertz CT molecular complexity index is 327. The first-order chi connectivity index (χ1) is 5.39. The van der Waals surface area contributed by atoms with Crippen molar-refractivity contribution in [3.8, 4) is 6.07 Å². The maximum atomic E-state index is 11.9. The minimum absolute atomic E-state index is 0.259. The molecule has 0 spiro atoms. The first-order valence-corrected chi connectivity index (χ1v) is 5.93. The first-order valence-electron chi connectivity index (χ1n) is 4.01. The van der Waals surface area contributed by atoms with E-state index in [4.69, 9.17) is 5.26 Å². The predicted molar refractivity (Wildman–Crippen MR) is 49.2 cm³/mol. The van der Waals surface area contributed by atoms with Crippen LogP contribution in [-0.4, -0.2) is 21.3 Å². The Morgan fingerprint density at radius 2 is 2.08 bits per heavy atom. The van der Waals surface area contributed by atoms with Crippen LogP contribution in [0.2, 0.25) is 0 Å². The maximum absolute atomic E-state index is 11.9. The second-order valence-corrected chi connectivity index (χ2v) is 6.60. The monoisotopic (exact) mass is 186 g/mol. The molecule has 0 bridgehead atoms. The Kier molecular flexibility index (Phi) is 2.17. The van der Waals surface area contributed by atoms with Crippen LogP contribution in [-0.2, 0) is 9.73 Å². The maximum Gasteiger partial charge on any atom is 0.134 e. The molecule has 68 valence electrons. The lowest BCUT2D eigenvalue weighted by Crippen LogP contribution is -2.28. The third kappa shape index (κ3) is 1.78. The van der Waals surface area contributed by atoms with E-state index in [1.807, 2.05) is 6.07 Å². The van der Waals surface area contributed by atoms with Gasteiger partial charge in [0, 0.05) is 6.26 Å². The summed E-state index contributed by atoms with van der Waals surface area (Å²) >= 11 is 0. The molecule has 0 amide bonds. The van der Waals surface area contributed by atoms with Gasteiger partial charge in [0.25, 0.3) is 0 Å². The van der Waals surface area contributed by atoms with E-state index in [1.54, 1.807) is 20.1 Å². The number of hydrogen-bond donors (Lipinski definition) is 0. The van der Waals surface area contributed by atoms with Gasteiger partial charge in [-0.3, -0.25) is 0 Å². The van der Waals surface area contributed by atoms with Crippen LogP contribution in [0, 0.1) is 11.3 Å². The average Bonchev–Trinajstić information content (AvgIpc) is 2.70. The van der Waals surface area contributed by atoms with Crippen LogP contribution in [0.4, 0.5) is 0 Å². The smallest absolute Gasteiger partial charge is 0.134 e. The quantitative estimate of drug-likeness (QED) is 0.657. The molecule has 0 radical (unpaired) electrons. The van der Waals surface area contributed by atoms with E-state index < -0.39 is 14.5 Å². The topological polar surface area (TPSA) is 53.2 Å². The van der Waals surface area contributed by atoms with Crippen LogP contribution in [0.3, 0.4) is 0 Å². The Hall–Kier alpha value is -0.560. The lowest BCUT2D eigenvalue weighted by atomic mass is 10.2. The van der Waals surface area contributed by atoms with Crippen LogP contribution in [0.1, 0.15) is 26.7 Å². The molecule has 3 nitrogen and oxygen atoms in total. The highest BCUT2D eigenvalue weighted by Crippen LogP contribution is 2.28. The van der Waals surface area contributed by atoms with Crippen molar-refractivity contribution in [3.05, 3.63) is 0 Å². The zero-order valence-corrected chi connectivity index (χ0v) is 8.52. The molecule has 12 heavy (non-hydrogen) atoms. The highest BCUT2D eigenvalue weighted by atomic mass is 32.2. The number of nitriles is 1. The van der Waals surface area contributed by atoms with Crippen molar-refractivity contribution in [1.82, 2.24) is 0 Å². The zero-order valence-electron chi connectivity index (χ0n) is 7.70. The fourth-order valence-electron chi connectivity index (χ4n) is 0.681. The molecule has 1 saturated carbocycles. The molecule has 1 atom stereocenters. The van der Waals surface area contributed by atoms with Crippen LogP contribution in [0.25, 0.3) is 0 Å². The van der Waals surface area contributed by atoms with Crippen molar-refractivity contribution in [2.75, 3.05) is 6.26 Å². The Balaban J connectivity index is 2.99. The van der Waals surface area contributed by atoms with E-state index in [0.29, 0.717) is 0 Å². The van der Waals surface area contributed by atoms with Crippen LogP contribution < -0.4 is 0 Å². The summed E-state index contributed by atoms with van der Waals surface area (Å²) in [5, 5.41) is 8.77. The van der Waals surface area contributed by atoms with Gasteiger partial charge in [-0.2, -0.15) is 5.26 Å². The molecule has 1 aliphatic rings. The van der Waals surface area contributed by atoms with E-state index in [0.717, 1.165) is 12.8 Å². The third-order valence-electron chi connectivity index (χ3n) is 2.11. The minimum Gasteiger partial charge on any atom is -0.248 e. The second kappa shape index (κ2) is 2.74. The van der Waals surface area contributed by atoms with Gasteiger partial charge in [-0.25, -0.2) is 8.57 Å². The minimum atomic E-state index is -2.33. The molecular formula is C8H14N2OS. The van der Waals surface area contributed by atoms with Gasteiger partial charge in [0.05, 0.1) is 21.8 Å². The molecule has 1 fully saturated rings. The van der Waals surface area contributed by atoms with Gasteiger partial charge in [-0.1, -0.05) is 0 Å². The van der Waals surface area contributed by atoms with Crippen molar-refractivity contribution < 1.29 is 4.21 Å². The molecule has 0 aromatic carbocycles. The summed E-state index contributed by atoms with van der Waals surface area (Å²) in [7, 11) is -2.33. The highest BCUT2D eigenvalue weighted by Gasteiger charge is 2.31. The number of nitrogens with zero attached hydrogens (tertiary/aromatic N) is 2. The van der Waals surface area contributed by atoms with Crippen LogP contribution in [0.15, 0.2) is 4.36 Å². The fourth-order valence-corrected chi connectivity index (χ4v) is 1.89. The van der Waals surface area contributed by atoms with E-state index >= 15 is 0 Å². The summed E-state index contributed by atoms with van der Waals surface area (Å²) in [6, 6.07) is 2.30. The third-order valence-corrected chi connectivity index (χ3v) is 4.80. The molecule has 0 aromatic heterocycles. The summed E-state index contributed by atoms with van der Waals surface area (Å²) in [4.78, 5) is 0. The molecule has 0 heterocycles. The van der Waals surface area contributed by atoms with Crippen LogP contribution >= 0.6 is 0 Å². The van der Waals surface area contributed by atoms with E-state index in [2.05, 4.69) is 4.36 Å². The van der Waals surface area contributed by atoms with Gasteiger partial charge in [0.1, 0.15) is 4.75 Å². The van der Waals surface area contributed by atoms with Crippen molar-refractivity contribution in [2.45, 2.75) is 37.5 Å². The summed E-state index contributed by atoms with van der Waals surface area (Å²) in [6.45, 7) is 3.36. The molecule has 0 saturated heterocycles. The lowest BCUT2D eigenvalue weighted by molar-refractivity contribution is 0.659. The van der Waals surface area contributed by atoms with Crippen molar-refractivity contribution in [2.24, 2.45) is 4.36 Å². The van der Waals surface area contributed by atoms with E-state index in [-0.39, 0.29) is 6.04 Å². The molecule has 0 aromatic rings. The molecule has 1 rings (SSSR count). The SMILES string of the molecule is CC(C)(C#N)S(C)(=O)=NC1CC1. The predicted octanol–water partition coefficient (Wildman–Crippen LogP) is 1.55. The molecule has 1 aliphatic carbocycles. The Labute approximate surface area is 74.0 Å². The zero-order chi connectivity index (χ0) is 9.41. The first kappa shape index (κ1) is 9.53. The standard InChI is InChI=1S/C8H14N2OS/c1-8(2,6-9)12(3,11)10-7-4-5-7/h7H,4-5H2,1-3H3. The van der Waals surface area contributed by atoms with Crippen LogP contribution in [0.5, 0.6) is 0 Å². The van der Waals surface area contributed by atoms with E-state index in [9.17, 15) is 4.21 Å². The van der Waals surface area contributed by atoms with Gasteiger partial charge in [-0.15, -0.1) is 0 Å². The fraction of sp³-hybridized carbons (Fsp3) is 0.875. The highest BCUT2D eigenvalue weighted by molar-refractivity contribution is 7.94. The summed E-state index contributed by atoms with van der Waals surface area (Å²) in [5.74, 6) is 0. The summed E-state index contributed by atoms with van der Waals surface area (Å²) in [6.07, 6.45) is 3.65. The summed E-state index contributed by atoms with van der Waals surface area (Å²) < 4.78 is 15.2. The number of rotatable bonds is 2. The number of hydrogen-bond acceptors (Lipinski definition) is 3. The molecular weight excluding hydrogens is 172 g/mol. The van der Waals surface area contributed by atoms with Gasteiger partial charge in [0.15, 0.2) is 0 Å². The lowest BCUT2D eigenvalue weighted by Gasteiger charge is -2.17. The second-order valence-electron chi connectivity index (χ2n) is 3.76. The summed E-state index contributed by atoms with van der Waals surface area (Å²) in [5.41, 5.74) is 0. The molecule has 4 heteroatoms. The molecule has 0 aliphatic heterocycles. The Morgan fingerprint density at radius 3 is 2.42 bits per heavy atom. The average molecular weight is 186 g/mol. The molecule has 1 unspecified atom stereocenters. The van der Waals surface area contributed by atoms with Gasteiger partial charge < -0.3 is 0 Å². The van der Waals surface area contributed by atoms with Crippen molar-refractivity contribution in [3.63, 3.8) is 0 Å². The van der Waals surface area contributed by atoms with Crippen molar-refractivity contribution in [1.29, 1.82) is 5.26 Å². The largest absolute Gasteiger partial charge is 0.248 e. The Morgan fingerprint density at radius 1 is 1.58 bits per heavy atom. The van der Waals surface area contributed by atoms with Gasteiger partial charge in [0.2, 0.25) is 0 Å². The van der Waals surface area contributed by atoms with E-state index in [1.165, 1.54) is 0 Å². The van der Waals surface area contributed by atoms with Gasteiger partial charge >= 0.3 is 0 Å². The van der Waals surface area contributed by atoms with Gasteiger partial charge in [-0.05, 0) is 26.7 Å². The van der Waals surface area contributed by atoms with Crippen molar-refractivity contribution >= 4 is 9.73 Å².